The highest BCUT2D eigenvalue weighted by Crippen LogP contribution is 2.28. The molecule has 0 aromatic heterocycles. The molecule has 0 spiro atoms. The number of carbonyl (C=O) groups excluding carboxylic acids is 3. The maximum Gasteiger partial charge on any atom is 0.408 e. The molecule has 0 aliphatic heterocycles. The van der Waals surface area contributed by atoms with Gasteiger partial charge in [0.1, 0.15) is 35.7 Å². The predicted octanol–water partition coefficient (Wildman–Crippen LogP) is 4.37. The van der Waals surface area contributed by atoms with Gasteiger partial charge >= 0.3 is 6.09 Å². The molecule has 0 saturated heterocycles. The number of nitriles is 1. The molecule has 0 heterocycles. The van der Waals surface area contributed by atoms with Crippen LogP contribution in [0.15, 0.2) is 48.5 Å². The lowest BCUT2D eigenvalue weighted by molar-refractivity contribution is -0.140. The second-order valence-electron chi connectivity index (χ2n) is 10.2. The SMILES string of the molecule is COc1ccc(NC(=O)C(c2cccc(O)c2)N(CC#N)C(=O)C(CC(C)C)NC(=O)OC(C)(C)C)cc1. The lowest BCUT2D eigenvalue weighted by Gasteiger charge is -2.33. The Balaban J connectivity index is 2.49. The summed E-state index contributed by atoms with van der Waals surface area (Å²) in [5, 5.41) is 25.1. The molecule has 38 heavy (non-hydrogen) atoms. The van der Waals surface area contributed by atoms with Crippen LogP contribution in [0.5, 0.6) is 11.5 Å². The molecule has 2 aromatic rings. The van der Waals surface area contributed by atoms with Gasteiger partial charge in [-0.3, -0.25) is 9.59 Å². The van der Waals surface area contributed by atoms with Crippen LogP contribution in [-0.2, 0) is 14.3 Å². The molecule has 0 bridgehead atoms. The first-order valence-electron chi connectivity index (χ1n) is 12.3. The van der Waals surface area contributed by atoms with Crippen molar-refractivity contribution in [2.75, 3.05) is 19.0 Å². The molecular formula is C28H36N4O6. The minimum Gasteiger partial charge on any atom is -0.508 e. The number of hydrogen-bond acceptors (Lipinski definition) is 7. The van der Waals surface area contributed by atoms with Crippen molar-refractivity contribution in [1.29, 1.82) is 5.26 Å². The first kappa shape index (κ1) is 30.0. The largest absolute Gasteiger partial charge is 0.508 e. The van der Waals surface area contributed by atoms with Gasteiger partial charge in [0.05, 0.1) is 13.2 Å². The predicted molar refractivity (Wildman–Crippen MR) is 142 cm³/mol. The number of methoxy groups -OCH3 is 1. The molecule has 204 valence electrons. The molecule has 2 unspecified atom stereocenters. The summed E-state index contributed by atoms with van der Waals surface area (Å²) in [7, 11) is 1.52. The van der Waals surface area contributed by atoms with E-state index >= 15 is 0 Å². The van der Waals surface area contributed by atoms with Gasteiger partial charge in [-0.05, 0) is 75.1 Å². The maximum absolute atomic E-state index is 13.9. The van der Waals surface area contributed by atoms with E-state index in [0.29, 0.717) is 17.0 Å². The van der Waals surface area contributed by atoms with Crippen molar-refractivity contribution in [1.82, 2.24) is 10.2 Å². The number of benzene rings is 2. The molecule has 0 fully saturated rings. The highest BCUT2D eigenvalue weighted by Gasteiger charge is 2.36. The van der Waals surface area contributed by atoms with Gasteiger partial charge in [0, 0.05) is 5.69 Å². The minimum absolute atomic E-state index is 0.00447. The lowest BCUT2D eigenvalue weighted by Crippen LogP contribution is -2.52. The summed E-state index contributed by atoms with van der Waals surface area (Å²) < 4.78 is 10.5. The van der Waals surface area contributed by atoms with Gasteiger partial charge in [0.15, 0.2) is 0 Å². The monoisotopic (exact) mass is 524 g/mol. The Kier molecular flexibility index (Phi) is 10.5. The number of aromatic hydroxyl groups is 1. The average Bonchev–Trinajstić information content (AvgIpc) is 2.82. The first-order valence-corrected chi connectivity index (χ1v) is 12.3. The number of ether oxygens (including phenoxy) is 2. The number of amides is 3. The van der Waals surface area contributed by atoms with Crippen LogP contribution in [0.2, 0.25) is 0 Å². The molecule has 2 rings (SSSR count). The van der Waals surface area contributed by atoms with E-state index in [0.717, 1.165) is 4.90 Å². The van der Waals surface area contributed by atoms with E-state index in [-0.39, 0.29) is 18.1 Å². The van der Waals surface area contributed by atoms with Gasteiger partial charge in [0.2, 0.25) is 5.91 Å². The van der Waals surface area contributed by atoms with Crippen molar-refractivity contribution in [2.45, 2.75) is 58.7 Å². The first-order chi connectivity index (χ1) is 17.8. The summed E-state index contributed by atoms with van der Waals surface area (Å²) in [6, 6.07) is 12.1. The summed E-state index contributed by atoms with van der Waals surface area (Å²) in [6.07, 6.45) is -0.544. The Bertz CT molecular complexity index is 1150. The second-order valence-corrected chi connectivity index (χ2v) is 10.2. The topological polar surface area (TPSA) is 141 Å². The lowest BCUT2D eigenvalue weighted by atomic mass is 9.99. The molecule has 3 N–H and O–H groups in total. The third-order valence-corrected chi connectivity index (χ3v) is 5.32. The van der Waals surface area contributed by atoms with Crippen molar-refractivity contribution >= 4 is 23.6 Å². The van der Waals surface area contributed by atoms with Crippen LogP contribution in [0.1, 0.15) is 52.6 Å². The number of carbonyl (C=O) groups is 3. The zero-order chi connectivity index (χ0) is 28.5. The van der Waals surface area contributed by atoms with Gasteiger partial charge in [-0.1, -0.05) is 26.0 Å². The molecule has 2 aromatic carbocycles. The summed E-state index contributed by atoms with van der Waals surface area (Å²) in [5.74, 6) is -0.761. The Hall–Kier alpha value is -4.26. The molecular weight excluding hydrogens is 488 g/mol. The Morgan fingerprint density at radius 2 is 1.76 bits per heavy atom. The molecule has 3 amide bonds. The molecule has 2 atom stereocenters. The molecule has 0 saturated carbocycles. The zero-order valence-electron chi connectivity index (χ0n) is 22.6. The van der Waals surface area contributed by atoms with Crippen molar-refractivity contribution in [2.24, 2.45) is 5.92 Å². The van der Waals surface area contributed by atoms with E-state index in [1.165, 1.54) is 25.3 Å². The van der Waals surface area contributed by atoms with Crippen LogP contribution < -0.4 is 15.4 Å². The Morgan fingerprint density at radius 3 is 2.29 bits per heavy atom. The Morgan fingerprint density at radius 1 is 1.11 bits per heavy atom. The fourth-order valence-electron chi connectivity index (χ4n) is 3.77. The highest BCUT2D eigenvalue weighted by molar-refractivity contribution is 5.99. The van der Waals surface area contributed by atoms with E-state index in [1.807, 2.05) is 19.9 Å². The standard InChI is InChI=1S/C28H36N4O6/c1-18(2)16-23(31-27(36)38-28(3,4)5)26(35)32(15-14-29)24(19-8-7-9-21(33)17-19)25(34)30-20-10-12-22(37-6)13-11-20/h7-13,17-18,23-24,33H,15-16H2,1-6H3,(H,30,34)(H,31,36). The summed E-state index contributed by atoms with van der Waals surface area (Å²) >= 11 is 0. The maximum atomic E-state index is 13.9. The van der Waals surface area contributed by atoms with Crippen LogP contribution in [0, 0.1) is 17.2 Å². The van der Waals surface area contributed by atoms with Crippen LogP contribution in [-0.4, -0.2) is 53.2 Å². The molecule has 0 aliphatic carbocycles. The van der Waals surface area contributed by atoms with Crippen LogP contribution >= 0.6 is 0 Å². The van der Waals surface area contributed by atoms with Gasteiger partial charge in [0.25, 0.3) is 5.91 Å². The highest BCUT2D eigenvalue weighted by atomic mass is 16.6. The minimum atomic E-state index is -1.29. The summed E-state index contributed by atoms with van der Waals surface area (Å²) in [6.45, 7) is 8.43. The number of alkyl carbamates (subject to hydrolysis) is 1. The molecule has 0 aliphatic rings. The van der Waals surface area contributed by atoms with Crippen LogP contribution in [0.3, 0.4) is 0 Å². The smallest absolute Gasteiger partial charge is 0.408 e. The van der Waals surface area contributed by atoms with Crippen molar-refractivity contribution < 1.29 is 29.0 Å². The molecule has 10 nitrogen and oxygen atoms in total. The number of nitrogens with zero attached hydrogens (tertiary/aromatic N) is 2. The number of phenols is 1. The van der Waals surface area contributed by atoms with Gasteiger partial charge in [-0.2, -0.15) is 5.26 Å². The van der Waals surface area contributed by atoms with E-state index in [2.05, 4.69) is 10.6 Å². The third-order valence-electron chi connectivity index (χ3n) is 5.32. The number of phenolic OH excluding ortho intramolecular Hbond substituents is 1. The fraction of sp³-hybridized carbons (Fsp3) is 0.429. The number of hydrogen-bond donors (Lipinski definition) is 3. The average molecular weight is 525 g/mol. The van der Waals surface area contributed by atoms with Crippen molar-refractivity contribution in [3.05, 3.63) is 54.1 Å². The van der Waals surface area contributed by atoms with Gasteiger partial charge in [-0.25, -0.2) is 4.79 Å². The Labute approximate surface area is 223 Å². The quantitative estimate of drug-likeness (QED) is 0.392. The number of rotatable bonds is 10. The van der Waals surface area contributed by atoms with Crippen LogP contribution in [0.25, 0.3) is 0 Å². The summed E-state index contributed by atoms with van der Waals surface area (Å²) in [5.41, 5.74) is -0.0550. The third kappa shape index (κ3) is 9.00. The van der Waals surface area contributed by atoms with E-state index in [9.17, 15) is 24.8 Å². The zero-order valence-corrected chi connectivity index (χ0v) is 22.6. The number of anilines is 1. The van der Waals surface area contributed by atoms with E-state index < -0.39 is 42.1 Å². The van der Waals surface area contributed by atoms with Gasteiger partial charge in [-0.15, -0.1) is 0 Å². The van der Waals surface area contributed by atoms with Gasteiger partial charge < -0.3 is 30.1 Å². The van der Waals surface area contributed by atoms with Crippen molar-refractivity contribution in [3.8, 4) is 17.6 Å². The van der Waals surface area contributed by atoms with E-state index in [4.69, 9.17) is 9.47 Å². The normalized spacial score (nSPS) is 12.6. The second kappa shape index (κ2) is 13.3. The van der Waals surface area contributed by atoms with Crippen molar-refractivity contribution in [3.63, 3.8) is 0 Å². The molecule has 10 heteroatoms. The number of nitrogens with one attached hydrogen (secondary N) is 2. The molecule has 0 radical (unpaired) electrons. The fourth-order valence-corrected chi connectivity index (χ4v) is 3.77. The van der Waals surface area contributed by atoms with E-state index in [1.54, 1.807) is 51.1 Å². The van der Waals surface area contributed by atoms with Crippen LogP contribution in [0.4, 0.5) is 10.5 Å². The summed E-state index contributed by atoms with van der Waals surface area (Å²) in [4.78, 5) is 41.1.